The summed E-state index contributed by atoms with van der Waals surface area (Å²) in [7, 11) is 1.58. The zero-order valence-corrected chi connectivity index (χ0v) is 14.8. The van der Waals surface area contributed by atoms with E-state index in [2.05, 4.69) is 0 Å². The number of aromatic carboxylic acids is 1. The minimum atomic E-state index is -0.966. The lowest BCUT2D eigenvalue weighted by atomic mass is 10.1. The Balaban J connectivity index is 1.77. The SMILES string of the molecule is COc1ccc(C(=O)c2cccn2C/C=C/c2ccccc2C(=O)O)cc1. The number of ether oxygens (including phenoxy) is 1. The predicted octanol–water partition coefficient (Wildman–Crippen LogP) is 4.14. The molecule has 27 heavy (non-hydrogen) atoms. The van der Waals surface area contributed by atoms with Crippen molar-refractivity contribution in [3.05, 3.63) is 95.3 Å². The summed E-state index contributed by atoms with van der Waals surface area (Å²) in [6, 6.07) is 17.4. The molecular formula is C22H19NO4. The van der Waals surface area contributed by atoms with Gasteiger partial charge >= 0.3 is 5.97 Å². The smallest absolute Gasteiger partial charge is 0.336 e. The van der Waals surface area contributed by atoms with Gasteiger partial charge in [0.2, 0.25) is 5.78 Å². The molecule has 0 unspecified atom stereocenters. The summed E-state index contributed by atoms with van der Waals surface area (Å²) in [5, 5.41) is 9.24. The minimum absolute atomic E-state index is 0.0815. The molecule has 0 radical (unpaired) electrons. The Labute approximate surface area is 157 Å². The maximum atomic E-state index is 12.7. The van der Waals surface area contributed by atoms with Crippen molar-refractivity contribution >= 4 is 17.8 Å². The number of ketones is 1. The lowest BCUT2D eigenvalue weighted by Crippen LogP contribution is -2.09. The second kappa shape index (κ2) is 8.19. The molecule has 0 saturated carbocycles. The van der Waals surface area contributed by atoms with Gasteiger partial charge in [-0.2, -0.15) is 0 Å². The lowest BCUT2D eigenvalue weighted by molar-refractivity contribution is 0.0696. The van der Waals surface area contributed by atoms with Crippen molar-refractivity contribution in [2.24, 2.45) is 0 Å². The highest BCUT2D eigenvalue weighted by Gasteiger charge is 2.13. The molecule has 0 aliphatic rings. The quantitative estimate of drug-likeness (QED) is 0.642. The second-order valence-corrected chi connectivity index (χ2v) is 5.90. The molecule has 0 saturated heterocycles. The highest BCUT2D eigenvalue weighted by atomic mass is 16.5. The molecule has 5 nitrogen and oxygen atoms in total. The second-order valence-electron chi connectivity index (χ2n) is 5.90. The van der Waals surface area contributed by atoms with E-state index in [0.29, 0.717) is 29.1 Å². The Morgan fingerprint density at radius 2 is 1.78 bits per heavy atom. The third-order valence-corrected chi connectivity index (χ3v) is 4.21. The molecule has 1 N–H and O–H groups in total. The van der Waals surface area contributed by atoms with E-state index in [1.807, 2.05) is 22.9 Å². The van der Waals surface area contributed by atoms with Crippen LogP contribution < -0.4 is 4.74 Å². The zero-order valence-electron chi connectivity index (χ0n) is 14.8. The monoisotopic (exact) mass is 361 g/mol. The van der Waals surface area contributed by atoms with Crippen molar-refractivity contribution in [2.45, 2.75) is 6.54 Å². The van der Waals surface area contributed by atoms with Gasteiger partial charge in [0.05, 0.1) is 18.4 Å². The van der Waals surface area contributed by atoms with E-state index in [9.17, 15) is 14.7 Å². The van der Waals surface area contributed by atoms with Crippen LogP contribution in [-0.2, 0) is 6.54 Å². The normalized spacial score (nSPS) is 10.9. The van der Waals surface area contributed by atoms with E-state index >= 15 is 0 Å². The lowest BCUT2D eigenvalue weighted by Gasteiger charge is -2.07. The van der Waals surface area contributed by atoms with Gasteiger partial charge in [-0.05, 0) is 48.0 Å². The molecule has 136 valence electrons. The van der Waals surface area contributed by atoms with Crippen LogP contribution in [-0.4, -0.2) is 28.5 Å². The van der Waals surface area contributed by atoms with Crippen LogP contribution in [0.15, 0.2) is 72.9 Å². The number of rotatable bonds is 7. The maximum Gasteiger partial charge on any atom is 0.336 e. The predicted molar refractivity (Wildman–Crippen MR) is 103 cm³/mol. The van der Waals surface area contributed by atoms with E-state index < -0.39 is 5.97 Å². The molecule has 1 heterocycles. The zero-order chi connectivity index (χ0) is 19.2. The van der Waals surface area contributed by atoms with Crippen LogP contribution in [0.5, 0.6) is 5.75 Å². The fraction of sp³-hybridized carbons (Fsp3) is 0.0909. The first-order chi connectivity index (χ1) is 13.1. The van der Waals surface area contributed by atoms with Crippen LogP contribution >= 0.6 is 0 Å². The van der Waals surface area contributed by atoms with Crippen molar-refractivity contribution < 1.29 is 19.4 Å². The van der Waals surface area contributed by atoms with Gasteiger partial charge < -0.3 is 14.4 Å². The van der Waals surface area contributed by atoms with Crippen LogP contribution in [0.2, 0.25) is 0 Å². The Hall–Kier alpha value is -3.60. The Morgan fingerprint density at radius 1 is 1.04 bits per heavy atom. The molecule has 1 aromatic heterocycles. The summed E-state index contributed by atoms with van der Waals surface area (Å²) in [4.78, 5) is 24.0. The molecule has 2 aromatic carbocycles. The Kier molecular flexibility index (Phi) is 5.52. The van der Waals surface area contributed by atoms with Gasteiger partial charge in [-0.1, -0.05) is 30.4 Å². The third kappa shape index (κ3) is 4.15. The third-order valence-electron chi connectivity index (χ3n) is 4.21. The van der Waals surface area contributed by atoms with E-state index in [0.717, 1.165) is 0 Å². The average molecular weight is 361 g/mol. The number of allylic oxidation sites excluding steroid dienone is 1. The van der Waals surface area contributed by atoms with Gasteiger partial charge in [-0.25, -0.2) is 4.79 Å². The van der Waals surface area contributed by atoms with E-state index in [-0.39, 0.29) is 11.3 Å². The molecule has 0 aliphatic heterocycles. The number of aromatic nitrogens is 1. The molecule has 0 bridgehead atoms. The van der Waals surface area contributed by atoms with Gasteiger partial charge in [-0.3, -0.25) is 4.79 Å². The molecule has 5 heteroatoms. The summed E-state index contributed by atoms with van der Waals surface area (Å²) in [6.45, 7) is 0.457. The summed E-state index contributed by atoms with van der Waals surface area (Å²) in [5.74, 6) is -0.351. The maximum absolute atomic E-state index is 12.7. The molecule has 0 spiro atoms. The van der Waals surface area contributed by atoms with E-state index in [1.54, 1.807) is 67.8 Å². The van der Waals surface area contributed by atoms with Gasteiger partial charge in [0, 0.05) is 18.3 Å². The number of carboxylic acid groups (broad SMARTS) is 1. The van der Waals surface area contributed by atoms with Gasteiger partial charge in [0.15, 0.2) is 0 Å². The van der Waals surface area contributed by atoms with Crippen molar-refractivity contribution in [3.63, 3.8) is 0 Å². The van der Waals surface area contributed by atoms with Crippen molar-refractivity contribution in [1.82, 2.24) is 4.57 Å². The van der Waals surface area contributed by atoms with Crippen LogP contribution in [0.25, 0.3) is 6.08 Å². The molecule has 0 atom stereocenters. The molecule has 3 rings (SSSR count). The topological polar surface area (TPSA) is 68.5 Å². The number of hydrogen-bond acceptors (Lipinski definition) is 3. The standard InChI is InChI=1S/C22H19NO4/c1-27-18-12-10-17(11-13-18)21(24)20-9-5-15-23(20)14-4-7-16-6-2-3-8-19(16)22(25)26/h2-13,15H,14H2,1H3,(H,25,26)/b7-4+. The van der Waals surface area contributed by atoms with E-state index in [1.165, 1.54) is 0 Å². The highest BCUT2D eigenvalue weighted by Crippen LogP contribution is 2.16. The number of carbonyl (C=O) groups is 2. The average Bonchev–Trinajstić information content (AvgIpc) is 3.16. The van der Waals surface area contributed by atoms with Crippen LogP contribution in [0.1, 0.15) is 32.0 Å². The molecule has 3 aromatic rings. The van der Waals surface area contributed by atoms with Crippen molar-refractivity contribution in [1.29, 1.82) is 0 Å². The number of benzene rings is 2. The fourth-order valence-electron chi connectivity index (χ4n) is 2.80. The fourth-order valence-corrected chi connectivity index (χ4v) is 2.80. The van der Waals surface area contributed by atoms with Crippen molar-refractivity contribution in [2.75, 3.05) is 7.11 Å². The number of nitrogens with zero attached hydrogens (tertiary/aromatic N) is 1. The Morgan fingerprint density at radius 3 is 2.48 bits per heavy atom. The first-order valence-electron chi connectivity index (χ1n) is 8.43. The summed E-state index contributed by atoms with van der Waals surface area (Å²) >= 11 is 0. The summed E-state index contributed by atoms with van der Waals surface area (Å²) in [5.41, 5.74) is 2.02. The number of carbonyl (C=O) groups excluding carboxylic acids is 1. The Bertz CT molecular complexity index is 984. The summed E-state index contributed by atoms with van der Waals surface area (Å²) in [6.07, 6.45) is 5.42. The van der Waals surface area contributed by atoms with E-state index in [4.69, 9.17) is 4.74 Å². The van der Waals surface area contributed by atoms with Gasteiger partial charge in [0.1, 0.15) is 5.75 Å². The minimum Gasteiger partial charge on any atom is -0.497 e. The van der Waals surface area contributed by atoms with Gasteiger partial charge in [-0.15, -0.1) is 0 Å². The van der Waals surface area contributed by atoms with Crippen LogP contribution in [0, 0.1) is 0 Å². The first-order valence-corrected chi connectivity index (χ1v) is 8.43. The highest BCUT2D eigenvalue weighted by molar-refractivity contribution is 6.08. The first kappa shape index (κ1) is 18.2. The number of carboxylic acids is 1. The number of methoxy groups -OCH3 is 1. The molecular weight excluding hydrogens is 342 g/mol. The number of hydrogen-bond donors (Lipinski definition) is 1. The molecule has 0 amide bonds. The summed E-state index contributed by atoms with van der Waals surface area (Å²) < 4.78 is 6.94. The largest absolute Gasteiger partial charge is 0.497 e. The van der Waals surface area contributed by atoms with Gasteiger partial charge in [0.25, 0.3) is 0 Å². The molecule has 0 fully saturated rings. The van der Waals surface area contributed by atoms with Crippen LogP contribution in [0.4, 0.5) is 0 Å². The van der Waals surface area contributed by atoms with Crippen LogP contribution in [0.3, 0.4) is 0 Å². The van der Waals surface area contributed by atoms with Crippen molar-refractivity contribution in [3.8, 4) is 5.75 Å². The molecule has 0 aliphatic carbocycles.